The Bertz CT molecular complexity index is 1130. The van der Waals surface area contributed by atoms with Gasteiger partial charge in [-0.1, -0.05) is 0 Å². The summed E-state index contributed by atoms with van der Waals surface area (Å²) in [6.45, 7) is 1.13. The molecule has 0 aliphatic carbocycles. The maximum Gasteiger partial charge on any atom is 0.231 e. The minimum absolute atomic E-state index is 0.244. The fraction of sp³-hybridized carbons (Fsp3) is 0.500. The zero-order valence-electron chi connectivity index (χ0n) is 17.8. The van der Waals surface area contributed by atoms with Gasteiger partial charge in [-0.05, 0) is 84.9 Å². The Balaban J connectivity index is 1.22. The molecule has 0 amide bonds. The molecule has 2 saturated heterocycles. The van der Waals surface area contributed by atoms with Crippen LogP contribution in [0.2, 0.25) is 0 Å². The van der Waals surface area contributed by atoms with Crippen molar-refractivity contribution in [1.29, 1.82) is 0 Å². The molecule has 0 aromatic heterocycles. The maximum absolute atomic E-state index is 6.15. The minimum atomic E-state index is 0.244. The molecule has 5 aliphatic heterocycles. The third-order valence-electron chi connectivity index (χ3n) is 7.07. The summed E-state index contributed by atoms with van der Waals surface area (Å²) in [4.78, 5) is 17.4. The molecule has 2 bridgehead atoms. The number of fused-ring (bicyclic) bond motifs is 4. The number of halogens is 1. The van der Waals surface area contributed by atoms with Crippen LogP contribution in [0.15, 0.2) is 33.0 Å². The molecule has 1 aromatic carbocycles. The Hall–Kier alpha value is -2.04. The van der Waals surface area contributed by atoms with Crippen molar-refractivity contribution in [3.63, 3.8) is 0 Å². The number of nitrogen functional groups attached to an aromatic ring is 1. The number of hydrogen-bond donors (Lipinski definition) is 1. The first kappa shape index (κ1) is 20.6. The SMILES string of the molecule is CN1[C@@H]2CC[C@H]1C[C@@H](CCn1cnc(N)c3nc(Sc4cc5c(cc4Br)OCO5)nc1-3)C2. The van der Waals surface area contributed by atoms with Gasteiger partial charge < -0.3 is 24.7 Å². The highest BCUT2D eigenvalue weighted by molar-refractivity contribution is 9.10. The van der Waals surface area contributed by atoms with Crippen LogP contribution < -0.4 is 15.2 Å². The van der Waals surface area contributed by atoms with Gasteiger partial charge in [0.05, 0.1) is 6.33 Å². The Morgan fingerprint density at radius 2 is 1.91 bits per heavy atom. The van der Waals surface area contributed by atoms with Crippen LogP contribution in [0.25, 0.3) is 11.5 Å². The number of rotatable bonds is 5. The molecule has 3 atom stereocenters. The lowest BCUT2D eigenvalue weighted by Crippen LogP contribution is -2.40. The first-order valence-electron chi connectivity index (χ1n) is 11.0. The van der Waals surface area contributed by atoms with E-state index >= 15 is 0 Å². The van der Waals surface area contributed by atoms with Crippen LogP contribution in [-0.4, -0.2) is 50.3 Å². The van der Waals surface area contributed by atoms with Crippen LogP contribution in [-0.2, 0) is 6.54 Å². The molecule has 6 rings (SSSR count). The number of imidazole rings is 1. The lowest BCUT2D eigenvalue weighted by Gasteiger charge is -2.36. The number of hydrogen-bond acceptors (Lipinski definition) is 8. The molecule has 0 saturated carbocycles. The van der Waals surface area contributed by atoms with Crippen LogP contribution >= 0.6 is 27.7 Å². The second kappa shape index (κ2) is 8.07. The molecular formula is C22H25BrN6O2S. The molecule has 0 radical (unpaired) electrons. The second-order valence-electron chi connectivity index (χ2n) is 8.92. The van der Waals surface area contributed by atoms with Gasteiger partial charge in [0.25, 0.3) is 0 Å². The van der Waals surface area contributed by atoms with E-state index in [9.17, 15) is 0 Å². The summed E-state index contributed by atoms with van der Waals surface area (Å²) in [5.41, 5.74) is 6.81. The van der Waals surface area contributed by atoms with Crippen molar-refractivity contribution >= 4 is 33.5 Å². The van der Waals surface area contributed by atoms with E-state index < -0.39 is 0 Å². The lowest BCUT2D eigenvalue weighted by molar-refractivity contribution is 0.127. The van der Waals surface area contributed by atoms with Crippen LogP contribution in [0, 0.1) is 5.92 Å². The standard InChI is InChI=1S/C22H25BrN6O2S/c1-28-13-2-3-14(28)7-12(6-13)4-5-29-10-25-20(24)19-21(29)27-22(26-19)32-18-9-17-16(8-15(18)23)30-11-31-17/h8-10,12-14H,2-7,11,24H2,1H3/t12-,13+,14-. The van der Waals surface area contributed by atoms with E-state index in [0.29, 0.717) is 16.7 Å². The van der Waals surface area contributed by atoms with Crippen molar-refractivity contribution < 1.29 is 9.47 Å². The third-order valence-corrected chi connectivity index (χ3v) is 8.92. The Kier molecular flexibility index (Phi) is 5.19. The highest BCUT2D eigenvalue weighted by Gasteiger charge is 2.38. The summed E-state index contributed by atoms with van der Waals surface area (Å²) in [6, 6.07) is 5.38. The van der Waals surface area contributed by atoms with Crippen LogP contribution in [0.5, 0.6) is 11.5 Å². The second-order valence-corrected chi connectivity index (χ2v) is 10.8. The summed E-state index contributed by atoms with van der Waals surface area (Å²) in [7, 11) is 2.29. The van der Waals surface area contributed by atoms with Crippen LogP contribution in [0.4, 0.5) is 5.82 Å². The number of piperidine rings is 1. The van der Waals surface area contributed by atoms with Crippen molar-refractivity contribution in [1.82, 2.24) is 24.4 Å². The van der Waals surface area contributed by atoms with Gasteiger partial charge in [-0.15, -0.1) is 0 Å². The monoisotopic (exact) mass is 516 g/mol. The van der Waals surface area contributed by atoms with E-state index in [1.165, 1.54) is 37.4 Å². The molecule has 8 nitrogen and oxygen atoms in total. The van der Waals surface area contributed by atoms with E-state index in [1.807, 2.05) is 12.1 Å². The maximum atomic E-state index is 6.15. The molecule has 168 valence electrons. The van der Waals surface area contributed by atoms with Crippen LogP contribution in [0.1, 0.15) is 32.1 Å². The predicted octanol–water partition coefficient (Wildman–Crippen LogP) is 4.27. The average Bonchev–Trinajstić information content (AvgIpc) is 3.44. The lowest BCUT2D eigenvalue weighted by atomic mass is 9.88. The number of aryl methyl sites for hydroxylation is 1. The van der Waals surface area contributed by atoms with E-state index in [-0.39, 0.29) is 6.79 Å². The largest absolute Gasteiger partial charge is 0.454 e. The topological polar surface area (TPSA) is 91.3 Å². The molecule has 10 heteroatoms. The molecule has 0 unspecified atom stereocenters. The third kappa shape index (κ3) is 3.62. The van der Waals surface area contributed by atoms with Gasteiger partial charge in [0, 0.05) is 28.0 Å². The molecule has 2 fully saturated rings. The zero-order chi connectivity index (χ0) is 21.8. The summed E-state index contributed by atoms with van der Waals surface area (Å²) in [6.07, 6.45) is 8.23. The molecule has 32 heavy (non-hydrogen) atoms. The molecule has 5 aliphatic rings. The van der Waals surface area contributed by atoms with Crippen molar-refractivity contribution in [2.75, 3.05) is 19.6 Å². The fourth-order valence-electron chi connectivity index (χ4n) is 5.30. The highest BCUT2D eigenvalue weighted by atomic mass is 79.9. The van der Waals surface area contributed by atoms with Gasteiger partial charge in [0.15, 0.2) is 34.0 Å². The average molecular weight is 517 g/mol. The fourth-order valence-corrected chi connectivity index (χ4v) is 6.65. The number of aromatic nitrogens is 4. The highest BCUT2D eigenvalue weighted by Crippen LogP contribution is 2.43. The van der Waals surface area contributed by atoms with Crippen molar-refractivity contribution in [3.05, 3.63) is 22.9 Å². The van der Waals surface area contributed by atoms with Crippen LogP contribution in [0.3, 0.4) is 0 Å². The zero-order valence-corrected chi connectivity index (χ0v) is 20.2. The number of nitrogens with zero attached hydrogens (tertiary/aromatic N) is 5. The summed E-state index contributed by atoms with van der Waals surface area (Å²) in [5.74, 6) is 3.44. The normalized spacial score (nSPS) is 24.5. The summed E-state index contributed by atoms with van der Waals surface area (Å²) in [5, 5.41) is 0.644. The van der Waals surface area contributed by atoms with E-state index in [4.69, 9.17) is 20.2 Å². The van der Waals surface area contributed by atoms with Gasteiger partial charge in [-0.3, -0.25) is 0 Å². The molecule has 5 heterocycles. The smallest absolute Gasteiger partial charge is 0.231 e. The number of ether oxygens (including phenoxy) is 2. The van der Waals surface area contributed by atoms with Crippen molar-refractivity contribution in [3.8, 4) is 23.0 Å². The molecule has 0 spiro atoms. The molecular weight excluding hydrogens is 492 g/mol. The first-order chi connectivity index (χ1) is 15.5. The van der Waals surface area contributed by atoms with Crippen molar-refractivity contribution in [2.24, 2.45) is 5.92 Å². The van der Waals surface area contributed by atoms with Crippen molar-refractivity contribution in [2.45, 2.75) is 60.8 Å². The minimum Gasteiger partial charge on any atom is -0.454 e. The van der Waals surface area contributed by atoms with E-state index in [1.54, 1.807) is 6.33 Å². The number of benzene rings is 1. The summed E-state index contributed by atoms with van der Waals surface area (Å²) >= 11 is 5.08. The van der Waals surface area contributed by atoms with Gasteiger partial charge in [-0.2, -0.15) is 0 Å². The Morgan fingerprint density at radius 3 is 2.69 bits per heavy atom. The quantitative estimate of drug-likeness (QED) is 0.537. The van der Waals surface area contributed by atoms with Gasteiger partial charge in [0.1, 0.15) is 0 Å². The molecule has 2 N–H and O–H groups in total. The summed E-state index contributed by atoms with van der Waals surface area (Å²) < 4.78 is 14.0. The van der Waals surface area contributed by atoms with Gasteiger partial charge >= 0.3 is 0 Å². The Morgan fingerprint density at radius 1 is 1.16 bits per heavy atom. The van der Waals surface area contributed by atoms with Gasteiger partial charge in [0.2, 0.25) is 6.79 Å². The Labute approximate surface area is 199 Å². The van der Waals surface area contributed by atoms with E-state index in [0.717, 1.165) is 57.7 Å². The van der Waals surface area contributed by atoms with Gasteiger partial charge in [-0.25, -0.2) is 15.0 Å². The predicted molar refractivity (Wildman–Crippen MR) is 125 cm³/mol. The van der Waals surface area contributed by atoms with E-state index in [2.05, 4.69) is 42.4 Å². The first-order valence-corrected chi connectivity index (χ1v) is 12.6. The molecule has 1 aromatic rings. The number of anilines is 1. The number of nitrogens with two attached hydrogens (primary N) is 1.